The van der Waals surface area contributed by atoms with Gasteiger partial charge in [-0.1, -0.05) is 17.9 Å². The second kappa shape index (κ2) is 12.5. The molecule has 5 rings (SSSR count). The van der Waals surface area contributed by atoms with Gasteiger partial charge in [-0.05, 0) is 90.4 Å². The van der Waals surface area contributed by atoms with E-state index in [1.54, 1.807) is 17.3 Å². The second-order valence-electron chi connectivity index (χ2n) is 12.6. The highest BCUT2D eigenvalue weighted by molar-refractivity contribution is 6.09. The van der Waals surface area contributed by atoms with Crippen molar-refractivity contribution < 1.29 is 19.1 Å². The van der Waals surface area contributed by atoms with E-state index in [2.05, 4.69) is 32.4 Å². The molecule has 9 nitrogen and oxygen atoms in total. The number of hydrogen-bond acceptors (Lipinski definition) is 6. The van der Waals surface area contributed by atoms with Crippen LogP contribution in [0.25, 0.3) is 10.8 Å². The van der Waals surface area contributed by atoms with Gasteiger partial charge in [0.2, 0.25) is 5.91 Å². The zero-order chi connectivity index (χ0) is 29.0. The van der Waals surface area contributed by atoms with Gasteiger partial charge in [0.1, 0.15) is 5.60 Å². The lowest BCUT2D eigenvalue weighted by Gasteiger charge is -2.36. The molecule has 9 heteroatoms. The van der Waals surface area contributed by atoms with Crippen LogP contribution in [0.5, 0.6) is 0 Å². The lowest BCUT2D eigenvalue weighted by molar-refractivity contribution is -0.120. The summed E-state index contributed by atoms with van der Waals surface area (Å²) in [5.74, 6) is 7.68. The average Bonchev–Trinajstić information content (AvgIpc) is 2.92. The Morgan fingerprint density at radius 1 is 1.07 bits per heavy atom. The predicted molar refractivity (Wildman–Crippen MR) is 158 cm³/mol. The molecule has 1 aromatic heterocycles. The number of ether oxygens (including phenoxy) is 1. The fourth-order valence-electron chi connectivity index (χ4n) is 6.02. The van der Waals surface area contributed by atoms with Crippen LogP contribution in [-0.2, 0) is 9.53 Å². The van der Waals surface area contributed by atoms with Crippen LogP contribution in [0.3, 0.4) is 0 Å². The maximum absolute atomic E-state index is 12.3. The summed E-state index contributed by atoms with van der Waals surface area (Å²) in [6, 6.07) is 5.81. The van der Waals surface area contributed by atoms with E-state index in [9.17, 15) is 14.4 Å². The number of likely N-dealkylation sites (tertiary alicyclic amines) is 1. The summed E-state index contributed by atoms with van der Waals surface area (Å²) in [5.41, 5.74) is 1.17. The normalized spacial score (nSPS) is 22.6. The number of anilines is 1. The van der Waals surface area contributed by atoms with Crippen molar-refractivity contribution in [3.05, 3.63) is 36.2 Å². The number of alkyl carbamates (subject to hydrolysis) is 1. The van der Waals surface area contributed by atoms with Crippen LogP contribution >= 0.6 is 0 Å². The first kappa shape index (κ1) is 28.9. The quantitative estimate of drug-likeness (QED) is 0.520. The average molecular weight is 560 g/mol. The standard InChI is InChI=1S/C32H41N5O4/c1-32(2,3)41-31(40)34-26-9-6-24(7-10-26)21-36-15-12-22(13-16-36)4-5-23-8-11-27-25(18-23)19-33-20-28(27)37-17-14-29(38)35-30(37)39/h8,11,18-20,22,24,26H,6-7,9-10,12-17,21H2,1-3H3,(H,34,40)(H,35,38,39). The van der Waals surface area contributed by atoms with E-state index < -0.39 is 11.6 Å². The van der Waals surface area contributed by atoms with Gasteiger partial charge < -0.3 is 15.0 Å². The number of benzene rings is 1. The van der Waals surface area contributed by atoms with E-state index in [1.807, 2.05) is 39.0 Å². The minimum absolute atomic E-state index is 0.217. The van der Waals surface area contributed by atoms with Crippen molar-refractivity contribution in [1.82, 2.24) is 20.5 Å². The van der Waals surface area contributed by atoms with Crippen molar-refractivity contribution in [3.63, 3.8) is 0 Å². The van der Waals surface area contributed by atoms with Gasteiger partial charge in [-0.2, -0.15) is 0 Å². The Morgan fingerprint density at radius 2 is 1.83 bits per heavy atom. The minimum atomic E-state index is -0.466. The smallest absolute Gasteiger partial charge is 0.407 e. The second-order valence-corrected chi connectivity index (χ2v) is 12.6. The van der Waals surface area contributed by atoms with Crippen LogP contribution in [-0.4, -0.2) is 65.7 Å². The molecule has 3 heterocycles. The molecule has 41 heavy (non-hydrogen) atoms. The van der Waals surface area contributed by atoms with Crippen LogP contribution in [0.4, 0.5) is 15.3 Å². The van der Waals surface area contributed by atoms with Gasteiger partial charge in [-0.3, -0.25) is 20.0 Å². The lowest BCUT2D eigenvalue weighted by Crippen LogP contribution is -2.49. The molecule has 2 N–H and O–H groups in total. The first-order valence-electron chi connectivity index (χ1n) is 14.9. The first-order chi connectivity index (χ1) is 19.6. The van der Waals surface area contributed by atoms with Gasteiger partial charge in [0.15, 0.2) is 0 Å². The predicted octanol–water partition coefficient (Wildman–Crippen LogP) is 4.83. The van der Waals surface area contributed by atoms with E-state index >= 15 is 0 Å². The molecule has 1 aromatic carbocycles. The van der Waals surface area contributed by atoms with Gasteiger partial charge >= 0.3 is 12.1 Å². The molecule has 2 aliphatic heterocycles. The molecule has 0 atom stereocenters. The summed E-state index contributed by atoms with van der Waals surface area (Å²) in [7, 11) is 0. The SMILES string of the molecule is CC(C)(C)OC(=O)NC1CCC(CN2CCC(C#Cc3ccc4c(N5CCC(=O)NC5=O)cncc4c3)CC2)CC1. The van der Waals surface area contributed by atoms with Crippen molar-refractivity contribution >= 4 is 34.5 Å². The van der Waals surface area contributed by atoms with Gasteiger partial charge in [0.05, 0.1) is 11.9 Å². The topological polar surface area (TPSA) is 104 Å². The number of imide groups is 1. The van der Waals surface area contributed by atoms with Crippen molar-refractivity contribution in [1.29, 1.82) is 0 Å². The number of piperidine rings is 1. The fraction of sp³-hybridized carbons (Fsp3) is 0.562. The zero-order valence-corrected chi connectivity index (χ0v) is 24.4. The summed E-state index contributed by atoms with van der Waals surface area (Å²) in [6.45, 7) is 9.28. The molecule has 1 saturated carbocycles. The highest BCUT2D eigenvalue weighted by Gasteiger charge is 2.28. The van der Waals surface area contributed by atoms with Gasteiger partial charge in [0, 0.05) is 54.0 Å². The largest absolute Gasteiger partial charge is 0.444 e. The molecule has 1 aliphatic carbocycles. The Hall–Kier alpha value is -3.64. The van der Waals surface area contributed by atoms with E-state index in [-0.39, 0.29) is 24.5 Å². The molecule has 0 unspecified atom stereocenters. The van der Waals surface area contributed by atoms with Gasteiger partial charge in [0.25, 0.3) is 0 Å². The number of hydrogen-bond donors (Lipinski definition) is 2. The molecule has 4 amide bonds. The molecule has 0 radical (unpaired) electrons. The van der Waals surface area contributed by atoms with E-state index in [0.717, 1.165) is 74.5 Å². The summed E-state index contributed by atoms with van der Waals surface area (Å²) < 4.78 is 5.40. The summed E-state index contributed by atoms with van der Waals surface area (Å²) >= 11 is 0. The number of pyridine rings is 1. The maximum Gasteiger partial charge on any atom is 0.407 e. The Balaban J connectivity index is 1.09. The van der Waals surface area contributed by atoms with Crippen molar-refractivity contribution in [2.45, 2.75) is 77.4 Å². The summed E-state index contributed by atoms with van der Waals surface area (Å²) in [4.78, 5) is 44.4. The highest BCUT2D eigenvalue weighted by Crippen LogP contribution is 2.29. The van der Waals surface area contributed by atoms with Gasteiger partial charge in [-0.15, -0.1) is 0 Å². The van der Waals surface area contributed by atoms with Crippen LogP contribution < -0.4 is 15.5 Å². The Labute approximate surface area is 242 Å². The number of rotatable bonds is 4. The van der Waals surface area contributed by atoms with Crippen molar-refractivity contribution in [2.24, 2.45) is 11.8 Å². The number of carbonyl (C=O) groups excluding carboxylic acids is 3. The number of aromatic nitrogens is 1. The number of urea groups is 1. The van der Waals surface area contributed by atoms with Crippen LogP contribution in [0, 0.1) is 23.7 Å². The Kier molecular flexibility index (Phi) is 8.79. The fourth-order valence-corrected chi connectivity index (χ4v) is 6.02. The van der Waals surface area contributed by atoms with Crippen LogP contribution in [0.2, 0.25) is 0 Å². The monoisotopic (exact) mass is 559 g/mol. The zero-order valence-electron chi connectivity index (χ0n) is 24.4. The van der Waals surface area contributed by atoms with Crippen molar-refractivity contribution in [2.75, 3.05) is 31.1 Å². The Morgan fingerprint density at radius 3 is 2.54 bits per heavy atom. The minimum Gasteiger partial charge on any atom is -0.444 e. The van der Waals surface area contributed by atoms with Crippen molar-refractivity contribution in [3.8, 4) is 11.8 Å². The third kappa shape index (κ3) is 7.76. The van der Waals surface area contributed by atoms with E-state index in [0.29, 0.717) is 24.1 Å². The van der Waals surface area contributed by atoms with Crippen LogP contribution in [0.15, 0.2) is 30.6 Å². The molecule has 3 aliphatic rings. The Bertz CT molecular complexity index is 1340. The molecular weight excluding hydrogens is 518 g/mol. The third-order valence-corrected chi connectivity index (χ3v) is 8.17. The number of amides is 4. The molecule has 2 saturated heterocycles. The number of carbonyl (C=O) groups is 3. The first-order valence-corrected chi connectivity index (χ1v) is 14.9. The maximum atomic E-state index is 12.3. The van der Waals surface area contributed by atoms with E-state index in [1.165, 1.54) is 0 Å². The molecule has 3 fully saturated rings. The molecule has 2 aromatic rings. The van der Waals surface area contributed by atoms with Gasteiger partial charge in [-0.25, -0.2) is 9.59 Å². The number of nitrogens with zero attached hydrogens (tertiary/aromatic N) is 3. The highest BCUT2D eigenvalue weighted by atomic mass is 16.6. The third-order valence-electron chi connectivity index (χ3n) is 8.17. The number of fused-ring (bicyclic) bond motifs is 1. The van der Waals surface area contributed by atoms with Crippen LogP contribution in [0.1, 0.15) is 71.3 Å². The van der Waals surface area contributed by atoms with E-state index in [4.69, 9.17) is 4.74 Å². The summed E-state index contributed by atoms with van der Waals surface area (Å²) in [6.07, 6.45) is 9.88. The molecular formula is C32H41N5O4. The molecule has 218 valence electrons. The molecule has 0 bridgehead atoms. The summed E-state index contributed by atoms with van der Waals surface area (Å²) in [5, 5.41) is 7.25. The lowest BCUT2D eigenvalue weighted by atomic mass is 9.85. The number of nitrogens with one attached hydrogen (secondary N) is 2. The molecule has 0 spiro atoms.